The van der Waals surface area contributed by atoms with Crippen LogP contribution in [-0.2, 0) is 17.8 Å². The Morgan fingerprint density at radius 1 is 1.10 bits per heavy atom. The zero-order valence-corrected chi connectivity index (χ0v) is 16.0. The van der Waals surface area contributed by atoms with E-state index in [1.165, 1.54) is 9.30 Å². The number of hydrogen-bond acceptors (Lipinski definition) is 4. The lowest BCUT2D eigenvalue weighted by atomic mass is 10.0. The van der Waals surface area contributed by atoms with Crippen LogP contribution in [0.15, 0.2) is 29.2 Å². The average Bonchev–Trinajstić information content (AvgIpc) is 2.73. The summed E-state index contributed by atoms with van der Waals surface area (Å²) in [5.74, 6) is -1.85. The number of aromatic nitrogens is 2. The Morgan fingerprint density at radius 2 is 1.83 bits per heavy atom. The van der Waals surface area contributed by atoms with Gasteiger partial charge in [0.25, 0.3) is 5.56 Å². The van der Waals surface area contributed by atoms with Crippen LogP contribution in [0.4, 0.5) is 18.0 Å². The van der Waals surface area contributed by atoms with Gasteiger partial charge in [-0.1, -0.05) is 6.07 Å². The smallest absolute Gasteiger partial charge is 0.335 e. The maximum Gasteiger partial charge on any atom is 0.471 e. The molecule has 8 nitrogen and oxygen atoms in total. The Balaban J connectivity index is 1.39. The quantitative estimate of drug-likeness (QED) is 0.750. The number of halogens is 3. The highest BCUT2D eigenvalue weighted by Gasteiger charge is 2.43. The van der Waals surface area contributed by atoms with Crippen molar-refractivity contribution in [3.8, 4) is 0 Å². The highest BCUT2D eigenvalue weighted by molar-refractivity contribution is 5.82. The van der Waals surface area contributed by atoms with Gasteiger partial charge < -0.3 is 15.1 Å². The SMILES string of the molecule is O=C(NC1CCN(C(=O)C(F)(F)F)CC1)N1CCc2nc3ccccn3c(=O)c2C1. The first kappa shape index (κ1) is 20.2. The van der Waals surface area contributed by atoms with Crippen LogP contribution in [0, 0.1) is 0 Å². The number of urea groups is 1. The van der Waals surface area contributed by atoms with Crippen molar-refractivity contribution in [2.24, 2.45) is 0 Å². The molecule has 2 aliphatic rings. The molecule has 1 fully saturated rings. The molecule has 30 heavy (non-hydrogen) atoms. The van der Waals surface area contributed by atoms with Gasteiger partial charge in [-0.05, 0) is 25.0 Å². The number of carbonyl (C=O) groups excluding carboxylic acids is 2. The third-order valence-corrected chi connectivity index (χ3v) is 5.52. The van der Waals surface area contributed by atoms with E-state index in [-0.39, 0.29) is 50.1 Å². The maximum absolute atomic E-state index is 12.7. The van der Waals surface area contributed by atoms with Crippen LogP contribution in [0.5, 0.6) is 0 Å². The van der Waals surface area contributed by atoms with Crippen LogP contribution < -0.4 is 10.9 Å². The van der Waals surface area contributed by atoms with E-state index in [1.54, 1.807) is 24.4 Å². The highest BCUT2D eigenvalue weighted by atomic mass is 19.4. The molecule has 11 heteroatoms. The van der Waals surface area contributed by atoms with E-state index in [2.05, 4.69) is 10.3 Å². The zero-order chi connectivity index (χ0) is 21.5. The van der Waals surface area contributed by atoms with E-state index >= 15 is 0 Å². The van der Waals surface area contributed by atoms with Crippen LogP contribution in [0.25, 0.3) is 5.65 Å². The Bertz CT molecular complexity index is 1040. The Morgan fingerprint density at radius 3 is 2.53 bits per heavy atom. The number of fused-ring (bicyclic) bond motifs is 2. The number of nitrogens with zero attached hydrogens (tertiary/aromatic N) is 4. The maximum atomic E-state index is 12.7. The van der Waals surface area contributed by atoms with Gasteiger partial charge in [0.05, 0.1) is 17.8 Å². The minimum absolute atomic E-state index is 0.0661. The predicted molar refractivity (Wildman–Crippen MR) is 99.8 cm³/mol. The van der Waals surface area contributed by atoms with Crippen LogP contribution in [-0.4, -0.2) is 63.0 Å². The molecule has 160 valence electrons. The molecule has 2 aromatic heterocycles. The second kappa shape index (κ2) is 7.62. The minimum atomic E-state index is -4.89. The number of rotatable bonds is 1. The third-order valence-electron chi connectivity index (χ3n) is 5.52. The molecule has 1 saturated heterocycles. The van der Waals surface area contributed by atoms with Crippen molar-refractivity contribution in [3.05, 3.63) is 46.0 Å². The van der Waals surface area contributed by atoms with E-state index in [9.17, 15) is 27.6 Å². The van der Waals surface area contributed by atoms with Gasteiger partial charge >= 0.3 is 18.1 Å². The lowest BCUT2D eigenvalue weighted by Gasteiger charge is -2.35. The summed E-state index contributed by atoms with van der Waals surface area (Å²) in [6.07, 6.45) is -2.33. The summed E-state index contributed by atoms with van der Waals surface area (Å²) in [5, 5.41) is 2.81. The lowest BCUT2D eigenvalue weighted by molar-refractivity contribution is -0.186. The van der Waals surface area contributed by atoms with Crippen LogP contribution in [0.2, 0.25) is 0 Å². The molecule has 0 spiro atoms. The summed E-state index contributed by atoms with van der Waals surface area (Å²) < 4.78 is 39.0. The molecule has 1 N–H and O–H groups in total. The second-order valence-corrected chi connectivity index (χ2v) is 7.46. The van der Waals surface area contributed by atoms with Crippen molar-refractivity contribution < 1.29 is 22.8 Å². The standard InChI is InChI=1S/C19H20F3N5O3/c20-19(21,22)17(29)25-8-4-12(5-9-25)23-18(30)26-10-6-14-13(11-26)16(28)27-7-2-1-3-15(27)24-14/h1-3,7,12H,4-6,8-11H2,(H,23,30). The molecule has 2 aliphatic heterocycles. The van der Waals surface area contributed by atoms with Crippen molar-refractivity contribution in [2.75, 3.05) is 19.6 Å². The van der Waals surface area contributed by atoms with Gasteiger partial charge in [-0.2, -0.15) is 13.2 Å². The number of likely N-dealkylation sites (tertiary alicyclic amines) is 1. The molecule has 3 amide bonds. The zero-order valence-electron chi connectivity index (χ0n) is 16.0. The molecule has 4 heterocycles. The summed E-state index contributed by atoms with van der Waals surface area (Å²) >= 11 is 0. The van der Waals surface area contributed by atoms with Crippen molar-refractivity contribution in [1.29, 1.82) is 0 Å². The van der Waals surface area contributed by atoms with Crippen molar-refractivity contribution in [2.45, 2.75) is 38.0 Å². The van der Waals surface area contributed by atoms with Gasteiger partial charge in [-0.25, -0.2) is 9.78 Å². The number of carbonyl (C=O) groups is 2. The van der Waals surface area contributed by atoms with Gasteiger partial charge in [0.1, 0.15) is 5.65 Å². The number of pyridine rings is 1. The number of nitrogens with one attached hydrogen (secondary N) is 1. The normalized spacial score (nSPS) is 17.7. The molecular formula is C19H20F3N5O3. The molecule has 0 unspecified atom stereocenters. The van der Waals surface area contributed by atoms with Crippen LogP contribution >= 0.6 is 0 Å². The topological polar surface area (TPSA) is 87.0 Å². The fourth-order valence-electron chi connectivity index (χ4n) is 3.89. The Labute approximate surface area is 169 Å². The van der Waals surface area contributed by atoms with E-state index in [4.69, 9.17) is 0 Å². The van der Waals surface area contributed by atoms with Gasteiger partial charge in [0.2, 0.25) is 0 Å². The predicted octanol–water partition coefficient (Wildman–Crippen LogP) is 1.32. The third kappa shape index (κ3) is 3.83. The Kier molecular flexibility index (Phi) is 5.12. The summed E-state index contributed by atoms with van der Waals surface area (Å²) in [7, 11) is 0. The number of alkyl halides is 3. The molecule has 0 aromatic carbocycles. The lowest BCUT2D eigenvalue weighted by Crippen LogP contribution is -2.53. The number of hydrogen-bond donors (Lipinski definition) is 1. The summed E-state index contributed by atoms with van der Waals surface area (Å²) in [6, 6.07) is 4.57. The second-order valence-electron chi connectivity index (χ2n) is 7.46. The van der Waals surface area contributed by atoms with Gasteiger partial charge in [-0.3, -0.25) is 14.0 Å². The van der Waals surface area contributed by atoms with Crippen molar-refractivity contribution in [1.82, 2.24) is 24.5 Å². The molecule has 0 radical (unpaired) electrons. The van der Waals surface area contributed by atoms with E-state index in [1.807, 2.05) is 0 Å². The molecule has 0 bridgehead atoms. The molecule has 0 aliphatic carbocycles. The van der Waals surface area contributed by atoms with Crippen molar-refractivity contribution >= 4 is 17.6 Å². The largest absolute Gasteiger partial charge is 0.471 e. The minimum Gasteiger partial charge on any atom is -0.335 e. The molecule has 2 aromatic rings. The summed E-state index contributed by atoms with van der Waals surface area (Å²) in [6.45, 7) is 0.378. The molecule has 0 atom stereocenters. The first-order chi connectivity index (χ1) is 14.2. The average molecular weight is 423 g/mol. The van der Waals surface area contributed by atoms with Crippen LogP contribution in [0.1, 0.15) is 24.1 Å². The fraction of sp³-hybridized carbons (Fsp3) is 0.474. The monoisotopic (exact) mass is 423 g/mol. The summed E-state index contributed by atoms with van der Waals surface area (Å²) in [4.78, 5) is 43.5. The summed E-state index contributed by atoms with van der Waals surface area (Å²) in [5.41, 5.74) is 1.48. The van der Waals surface area contributed by atoms with Gasteiger partial charge in [-0.15, -0.1) is 0 Å². The van der Waals surface area contributed by atoms with Crippen molar-refractivity contribution in [3.63, 3.8) is 0 Å². The number of piperidine rings is 1. The first-order valence-corrected chi connectivity index (χ1v) is 9.65. The molecule has 4 rings (SSSR count). The molecule has 0 saturated carbocycles. The molecular weight excluding hydrogens is 403 g/mol. The first-order valence-electron chi connectivity index (χ1n) is 9.65. The van der Waals surface area contributed by atoms with E-state index in [0.29, 0.717) is 29.9 Å². The Hall–Kier alpha value is -3.11. The number of amides is 3. The fourth-order valence-corrected chi connectivity index (χ4v) is 3.89. The highest BCUT2D eigenvalue weighted by Crippen LogP contribution is 2.22. The van der Waals surface area contributed by atoms with Crippen LogP contribution in [0.3, 0.4) is 0 Å². The van der Waals surface area contributed by atoms with Gasteiger partial charge in [0, 0.05) is 38.3 Å². The van der Waals surface area contributed by atoms with Gasteiger partial charge in [0.15, 0.2) is 0 Å². The van der Waals surface area contributed by atoms with E-state index < -0.39 is 12.1 Å². The van der Waals surface area contributed by atoms with E-state index in [0.717, 1.165) is 4.90 Å².